The van der Waals surface area contributed by atoms with Gasteiger partial charge in [-0.3, -0.25) is 11.3 Å². The molecule has 1 aromatic carbocycles. The van der Waals surface area contributed by atoms with Gasteiger partial charge in [0.05, 0.1) is 5.02 Å². The van der Waals surface area contributed by atoms with Gasteiger partial charge in [0.15, 0.2) is 0 Å². The molecular weight excluding hydrogens is 297 g/mol. The number of hydrogen-bond donors (Lipinski definition) is 2. The van der Waals surface area contributed by atoms with Crippen molar-refractivity contribution < 1.29 is 13.2 Å². The first kappa shape index (κ1) is 16.6. The molecule has 0 amide bonds. The Bertz CT molecular complexity index is 387. The van der Waals surface area contributed by atoms with E-state index in [1.807, 2.05) is 18.2 Å². The number of benzene rings is 1. The van der Waals surface area contributed by atoms with Crippen molar-refractivity contribution in [2.75, 3.05) is 5.75 Å². The minimum atomic E-state index is -4.10. The van der Waals surface area contributed by atoms with Crippen molar-refractivity contribution >= 4 is 23.4 Å². The maximum absolute atomic E-state index is 12.0. The van der Waals surface area contributed by atoms with E-state index >= 15 is 0 Å². The highest BCUT2D eigenvalue weighted by Crippen LogP contribution is 2.28. The van der Waals surface area contributed by atoms with E-state index in [-0.39, 0.29) is 12.5 Å². The molecule has 108 valence electrons. The first-order chi connectivity index (χ1) is 8.92. The molecule has 1 aromatic rings. The lowest BCUT2D eigenvalue weighted by molar-refractivity contribution is -0.135. The molecule has 1 rings (SSSR count). The highest BCUT2D eigenvalue weighted by atomic mass is 35.5. The second kappa shape index (κ2) is 7.99. The summed E-state index contributed by atoms with van der Waals surface area (Å²) in [6, 6.07) is 7.18. The molecule has 0 fully saturated rings. The van der Waals surface area contributed by atoms with Gasteiger partial charge in [-0.15, -0.1) is 11.8 Å². The molecule has 0 radical (unpaired) electrons. The fourth-order valence-corrected chi connectivity index (χ4v) is 2.84. The van der Waals surface area contributed by atoms with Gasteiger partial charge in [-0.1, -0.05) is 23.7 Å². The van der Waals surface area contributed by atoms with Crippen LogP contribution in [0.15, 0.2) is 29.2 Å². The molecule has 0 aliphatic rings. The fraction of sp³-hybridized carbons (Fsp3) is 0.500. The Morgan fingerprint density at radius 3 is 2.58 bits per heavy atom. The lowest BCUT2D eigenvalue weighted by Crippen LogP contribution is -2.37. The molecule has 7 heteroatoms. The van der Waals surface area contributed by atoms with Gasteiger partial charge in [-0.25, -0.2) is 0 Å². The molecule has 19 heavy (non-hydrogen) atoms. The molecular formula is C12H16ClF3N2S. The SMILES string of the molecule is NNC(CCCC(F)(F)F)CSc1ccccc1Cl. The first-order valence-electron chi connectivity index (χ1n) is 5.82. The average molecular weight is 313 g/mol. The van der Waals surface area contributed by atoms with E-state index in [9.17, 15) is 13.2 Å². The van der Waals surface area contributed by atoms with Crippen molar-refractivity contribution in [2.45, 2.75) is 36.4 Å². The summed E-state index contributed by atoms with van der Waals surface area (Å²) in [5, 5.41) is 0.638. The van der Waals surface area contributed by atoms with Crippen LogP contribution in [0.1, 0.15) is 19.3 Å². The minimum absolute atomic E-state index is 0.0709. The standard InChI is InChI=1S/C12H16ClF3N2S/c13-10-5-1-2-6-11(10)19-8-9(18-17)4-3-7-12(14,15)16/h1-2,5-6,9,18H,3-4,7-8,17H2. The Morgan fingerprint density at radius 1 is 1.32 bits per heavy atom. The van der Waals surface area contributed by atoms with Crippen LogP contribution in [0.2, 0.25) is 5.02 Å². The van der Waals surface area contributed by atoms with Gasteiger partial charge in [0, 0.05) is 23.1 Å². The Morgan fingerprint density at radius 2 is 2.00 bits per heavy atom. The lowest BCUT2D eigenvalue weighted by atomic mass is 10.1. The van der Waals surface area contributed by atoms with E-state index in [2.05, 4.69) is 5.43 Å². The van der Waals surface area contributed by atoms with Crippen molar-refractivity contribution in [3.63, 3.8) is 0 Å². The lowest BCUT2D eigenvalue weighted by Gasteiger charge is -2.16. The molecule has 3 N–H and O–H groups in total. The zero-order chi connectivity index (χ0) is 14.3. The predicted molar refractivity (Wildman–Crippen MR) is 73.2 cm³/mol. The predicted octanol–water partition coefficient (Wildman–Crippen LogP) is 4.00. The molecule has 0 saturated heterocycles. The molecule has 1 unspecified atom stereocenters. The molecule has 0 heterocycles. The largest absolute Gasteiger partial charge is 0.389 e. The van der Waals surface area contributed by atoms with Crippen molar-refractivity contribution in [2.24, 2.45) is 5.84 Å². The monoisotopic (exact) mass is 312 g/mol. The van der Waals surface area contributed by atoms with Gasteiger partial charge in [0.2, 0.25) is 0 Å². The summed E-state index contributed by atoms with van der Waals surface area (Å²) in [5.74, 6) is 5.93. The number of hydrazine groups is 1. The molecule has 2 nitrogen and oxygen atoms in total. The number of halogens is 4. The summed E-state index contributed by atoms with van der Waals surface area (Å²) in [5.41, 5.74) is 2.55. The van der Waals surface area contributed by atoms with E-state index < -0.39 is 12.6 Å². The number of alkyl halides is 3. The summed E-state index contributed by atoms with van der Waals surface area (Å²) in [6.45, 7) is 0. The number of nitrogens with one attached hydrogen (secondary N) is 1. The first-order valence-corrected chi connectivity index (χ1v) is 7.19. The second-order valence-corrected chi connectivity index (χ2v) is 5.58. The third kappa shape index (κ3) is 7.06. The van der Waals surface area contributed by atoms with Crippen LogP contribution in [-0.4, -0.2) is 18.0 Å². The highest BCUT2D eigenvalue weighted by molar-refractivity contribution is 7.99. The van der Waals surface area contributed by atoms with Gasteiger partial charge in [0.25, 0.3) is 0 Å². The van der Waals surface area contributed by atoms with Crippen LogP contribution < -0.4 is 11.3 Å². The fourth-order valence-electron chi connectivity index (χ4n) is 1.52. The third-order valence-corrected chi connectivity index (χ3v) is 4.20. The van der Waals surface area contributed by atoms with Crippen molar-refractivity contribution in [1.29, 1.82) is 0 Å². The van der Waals surface area contributed by atoms with Gasteiger partial charge < -0.3 is 0 Å². The Balaban J connectivity index is 2.35. The van der Waals surface area contributed by atoms with E-state index in [1.165, 1.54) is 11.8 Å². The van der Waals surface area contributed by atoms with E-state index in [4.69, 9.17) is 17.4 Å². The summed E-state index contributed by atoms with van der Waals surface area (Å²) < 4.78 is 36.1. The Labute approximate surface area is 119 Å². The van der Waals surface area contributed by atoms with Crippen molar-refractivity contribution in [1.82, 2.24) is 5.43 Å². The smallest absolute Gasteiger partial charge is 0.271 e. The molecule has 0 aliphatic carbocycles. The second-order valence-electron chi connectivity index (χ2n) is 4.11. The Kier molecular flexibility index (Phi) is 6.99. The van der Waals surface area contributed by atoms with Gasteiger partial charge in [-0.2, -0.15) is 13.2 Å². The number of hydrogen-bond acceptors (Lipinski definition) is 3. The van der Waals surface area contributed by atoms with Crippen LogP contribution in [-0.2, 0) is 0 Å². The van der Waals surface area contributed by atoms with Crippen LogP contribution in [0.25, 0.3) is 0 Å². The normalized spacial score (nSPS) is 13.5. The van der Waals surface area contributed by atoms with Crippen LogP contribution in [0, 0.1) is 0 Å². The molecule has 0 aliphatic heterocycles. The summed E-state index contributed by atoms with van der Waals surface area (Å²) in [4.78, 5) is 0.903. The summed E-state index contributed by atoms with van der Waals surface area (Å²) >= 11 is 7.48. The third-order valence-electron chi connectivity index (χ3n) is 2.53. The zero-order valence-electron chi connectivity index (χ0n) is 10.2. The number of rotatable bonds is 7. The van der Waals surface area contributed by atoms with Crippen molar-refractivity contribution in [3.8, 4) is 0 Å². The van der Waals surface area contributed by atoms with Gasteiger partial charge >= 0.3 is 6.18 Å². The quantitative estimate of drug-likeness (QED) is 0.454. The average Bonchev–Trinajstić information content (AvgIpc) is 2.34. The Hall–Kier alpha value is -0.430. The zero-order valence-corrected chi connectivity index (χ0v) is 11.8. The number of nitrogens with two attached hydrogens (primary N) is 1. The highest BCUT2D eigenvalue weighted by Gasteiger charge is 2.26. The van der Waals surface area contributed by atoms with Crippen LogP contribution in [0.5, 0.6) is 0 Å². The number of thioether (sulfide) groups is 1. The van der Waals surface area contributed by atoms with Crippen LogP contribution in [0.3, 0.4) is 0 Å². The molecule has 0 spiro atoms. The van der Waals surface area contributed by atoms with E-state index in [0.29, 0.717) is 17.2 Å². The molecule has 0 bridgehead atoms. The van der Waals surface area contributed by atoms with Gasteiger partial charge in [0.1, 0.15) is 0 Å². The van der Waals surface area contributed by atoms with E-state index in [0.717, 1.165) is 4.90 Å². The van der Waals surface area contributed by atoms with Crippen LogP contribution >= 0.6 is 23.4 Å². The maximum Gasteiger partial charge on any atom is 0.389 e. The topological polar surface area (TPSA) is 38.0 Å². The van der Waals surface area contributed by atoms with E-state index in [1.54, 1.807) is 6.07 Å². The summed E-state index contributed by atoms with van der Waals surface area (Å²) in [6.07, 6.45) is -4.42. The summed E-state index contributed by atoms with van der Waals surface area (Å²) in [7, 11) is 0. The van der Waals surface area contributed by atoms with Gasteiger partial charge in [-0.05, 0) is 25.0 Å². The van der Waals surface area contributed by atoms with Crippen molar-refractivity contribution in [3.05, 3.63) is 29.3 Å². The van der Waals surface area contributed by atoms with Crippen LogP contribution in [0.4, 0.5) is 13.2 Å². The minimum Gasteiger partial charge on any atom is -0.271 e. The molecule has 0 aromatic heterocycles. The molecule has 1 atom stereocenters. The molecule has 0 saturated carbocycles. The maximum atomic E-state index is 12.0.